The fourth-order valence-electron chi connectivity index (χ4n) is 0.0745. The summed E-state index contributed by atoms with van der Waals surface area (Å²) < 4.78 is 4.20. The molecule has 0 spiro atoms. The van der Waals surface area contributed by atoms with E-state index in [9.17, 15) is 0 Å². The molecule has 0 fully saturated rings. The molecule has 0 bridgehead atoms. The Bertz CT molecular complexity index is 29.4. The van der Waals surface area contributed by atoms with E-state index in [0.29, 0.717) is 0 Å². The largest absolute Gasteiger partial charge is 0.391 e. The van der Waals surface area contributed by atoms with Crippen LogP contribution >= 0.6 is 0 Å². The fourth-order valence-corrected chi connectivity index (χ4v) is 0.0745. The first kappa shape index (κ1) is 10.2. The van der Waals surface area contributed by atoms with Gasteiger partial charge in [-0.1, -0.05) is 0 Å². The maximum absolute atomic E-state index is 8.19. The average Bonchev–Trinajstić information content (AvgIpc) is 1.65. The van der Waals surface area contributed by atoms with Gasteiger partial charge in [0.2, 0.25) is 0 Å². The fraction of sp³-hybridized carbons (Fsp3) is 1.00. The van der Waals surface area contributed by atoms with Gasteiger partial charge in [-0.25, -0.2) is 0 Å². The summed E-state index contributed by atoms with van der Waals surface area (Å²) in [6.07, 6.45) is -1.01. The average molecular weight is 124 g/mol. The van der Waals surface area contributed by atoms with E-state index >= 15 is 0 Å². The Balaban J connectivity index is 0. The normalized spacial score (nSPS) is 12.4. The summed E-state index contributed by atoms with van der Waals surface area (Å²) in [6, 6.07) is 0. The standard InChI is InChI=1S/C3H8O3.H4Si/c1-6-3(5)2-4;/h3-5H,2H2,1H3;1H4. The van der Waals surface area contributed by atoms with E-state index in [1.807, 2.05) is 0 Å². The van der Waals surface area contributed by atoms with Gasteiger partial charge >= 0.3 is 0 Å². The Labute approximate surface area is 46.9 Å². The molecule has 0 saturated carbocycles. The molecule has 0 heterocycles. The smallest absolute Gasteiger partial charge is 0.177 e. The first-order valence-corrected chi connectivity index (χ1v) is 1.63. The third-order valence-corrected chi connectivity index (χ3v) is 0.428. The van der Waals surface area contributed by atoms with Crippen molar-refractivity contribution in [1.29, 1.82) is 0 Å². The first-order chi connectivity index (χ1) is 2.81. The van der Waals surface area contributed by atoms with Gasteiger partial charge in [-0.05, 0) is 11.0 Å². The van der Waals surface area contributed by atoms with E-state index in [4.69, 9.17) is 10.2 Å². The number of hydrogen-bond acceptors (Lipinski definition) is 3. The Hall–Kier alpha value is 0.0969. The minimum Gasteiger partial charge on any atom is -0.391 e. The van der Waals surface area contributed by atoms with Gasteiger partial charge in [-0.3, -0.25) is 0 Å². The predicted molar refractivity (Wildman–Crippen MR) is 31.4 cm³/mol. The monoisotopic (exact) mass is 124 g/mol. The Morgan fingerprint density at radius 2 is 2.14 bits per heavy atom. The quantitative estimate of drug-likeness (QED) is 0.316. The second-order valence-electron chi connectivity index (χ2n) is 0.873. The van der Waals surface area contributed by atoms with Crippen molar-refractivity contribution in [1.82, 2.24) is 0 Å². The van der Waals surface area contributed by atoms with Crippen LogP contribution in [0.2, 0.25) is 0 Å². The Morgan fingerprint density at radius 1 is 1.71 bits per heavy atom. The van der Waals surface area contributed by atoms with Gasteiger partial charge < -0.3 is 14.9 Å². The number of methoxy groups -OCH3 is 1. The van der Waals surface area contributed by atoms with Crippen LogP contribution in [0.3, 0.4) is 0 Å². The van der Waals surface area contributed by atoms with Crippen molar-refractivity contribution in [3.8, 4) is 0 Å². The molecule has 0 aromatic carbocycles. The molecule has 0 saturated heterocycles. The molecule has 0 amide bonds. The molecule has 0 aliphatic rings. The Kier molecular flexibility index (Phi) is 8.84. The van der Waals surface area contributed by atoms with Crippen LogP contribution in [0, 0.1) is 0 Å². The molecule has 3 nitrogen and oxygen atoms in total. The zero-order valence-electron chi connectivity index (χ0n) is 3.59. The molecule has 0 rings (SSSR count). The van der Waals surface area contributed by atoms with Gasteiger partial charge in [0.15, 0.2) is 6.29 Å². The van der Waals surface area contributed by atoms with Crippen LogP contribution in [0.15, 0.2) is 0 Å². The summed E-state index contributed by atoms with van der Waals surface area (Å²) in [6.45, 7) is -0.337. The van der Waals surface area contributed by atoms with E-state index in [1.165, 1.54) is 7.11 Å². The summed E-state index contributed by atoms with van der Waals surface area (Å²) in [5.74, 6) is 0. The van der Waals surface area contributed by atoms with Crippen molar-refractivity contribution in [3.05, 3.63) is 0 Å². The number of aliphatic hydroxyl groups is 2. The van der Waals surface area contributed by atoms with Crippen molar-refractivity contribution < 1.29 is 14.9 Å². The second-order valence-corrected chi connectivity index (χ2v) is 0.873. The van der Waals surface area contributed by atoms with Crippen LogP contribution in [-0.4, -0.2) is 41.2 Å². The second kappa shape index (κ2) is 6.10. The van der Waals surface area contributed by atoms with Gasteiger partial charge in [0.25, 0.3) is 0 Å². The molecule has 0 aromatic heterocycles. The summed E-state index contributed by atoms with van der Waals surface area (Å²) in [7, 11) is 1.32. The highest BCUT2D eigenvalue weighted by atomic mass is 28.1. The number of hydrogen-bond donors (Lipinski definition) is 2. The SMILES string of the molecule is COC(O)CO.[SiH4]. The molecule has 7 heavy (non-hydrogen) atoms. The molecular formula is C3H12O3Si. The van der Waals surface area contributed by atoms with Crippen LogP contribution < -0.4 is 0 Å². The van der Waals surface area contributed by atoms with E-state index in [2.05, 4.69) is 4.74 Å². The lowest BCUT2D eigenvalue weighted by Gasteiger charge is -1.99. The van der Waals surface area contributed by atoms with Gasteiger partial charge in [-0.15, -0.1) is 0 Å². The van der Waals surface area contributed by atoms with Crippen LogP contribution in [0.1, 0.15) is 0 Å². The minimum absolute atomic E-state index is 0. The van der Waals surface area contributed by atoms with Crippen LogP contribution in [0.5, 0.6) is 0 Å². The first-order valence-electron chi connectivity index (χ1n) is 1.63. The van der Waals surface area contributed by atoms with E-state index in [0.717, 1.165) is 0 Å². The maximum atomic E-state index is 8.19. The Morgan fingerprint density at radius 3 is 2.14 bits per heavy atom. The minimum atomic E-state index is -1.01. The van der Waals surface area contributed by atoms with Gasteiger partial charge in [0, 0.05) is 7.11 Å². The van der Waals surface area contributed by atoms with Crippen molar-refractivity contribution in [3.63, 3.8) is 0 Å². The molecule has 46 valence electrons. The maximum Gasteiger partial charge on any atom is 0.177 e. The highest BCUT2D eigenvalue weighted by Gasteiger charge is 1.92. The highest BCUT2D eigenvalue weighted by Crippen LogP contribution is 1.75. The number of ether oxygens (including phenoxy) is 1. The van der Waals surface area contributed by atoms with Crippen molar-refractivity contribution >= 4 is 11.0 Å². The van der Waals surface area contributed by atoms with Gasteiger partial charge in [-0.2, -0.15) is 0 Å². The number of rotatable bonds is 2. The van der Waals surface area contributed by atoms with Crippen LogP contribution in [0.4, 0.5) is 0 Å². The van der Waals surface area contributed by atoms with Crippen molar-refractivity contribution in [2.75, 3.05) is 13.7 Å². The molecule has 1 unspecified atom stereocenters. The molecule has 0 aromatic rings. The molecule has 0 aliphatic heterocycles. The summed E-state index contributed by atoms with van der Waals surface area (Å²) in [5, 5.41) is 16.2. The lowest BCUT2D eigenvalue weighted by molar-refractivity contribution is -0.102. The zero-order valence-corrected chi connectivity index (χ0v) is 3.59. The predicted octanol–water partition coefficient (Wildman–Crippen LogP) is -2.51. The van der Waals surface area contributed by atoms with Gasteiger partial charge in [0.1, 0.15) is 0 Å². The summed E-state index contributed by atoms with van der Waals surface area (Å²) in [4.78, 5) is 0. The topological polar surface area (TPSA) is 49.7 Å². The van der Waals surface area contributed by atoms with E-state index < -0.39 is 6.29 Å². The summed E-state index contributed by atoms with van der Waals surface area (Å²) >= 11 is 0. The molecule has 4 heteroatoms. The highest BCUT2D eigenvalue weighted by molar-refractivity contribution is 5.75. The number of aliphatic hydroxyl groups excluding tert-OH is 2. The lowest BCUT2D eigenvalue weighted by atomic mass is 10.7. The molecular weight excluding hydrogens is 112 g/mol. The van der Waals surface area contributed by atoms with Crippen molar-refractivity contribution in [2.45, 2.75) is 6.29 Å². The van der Waals surface area contributed by atoms with Crippen molar-refractivity contribution in [2.24, 2.45) is 0 Å². The van der Waals surface area contributed by atoms with E-state index in [-0.39, 0.29) is 17.6 Å². The molecule has 2 N–H and O–H groups in total. The third-order valence-electron chi connectivity index (χ3n) is 0.428. The van der Waals surface area contributed by atoms with Crippen LogP contribution in [-0.2, 0) is 4.74 Å². The zero-order chi connectivity index (χ0) is 4.99. The van der Waals surface area contributed by atoms with E-state index in [1.54, 1.807) is 0 Å². The summed E-state index contributed by atoms with van der Waals surface area (Å²) in [5.41, 5.74) is 0. The lowest BCUT2D eigenvalue weighted by Crippen LogP contribution is -2.12. The van der Waals surface area contributed by atoms with Crippen LogP contribution in [0.25, 0.3) is 0 Å². The third kappa shape index (κ3) is 6.10. The molecule has 1 atom stereocenters. The molecule has 0 aliphatic carbocycles. The van der Waals surface area contributed by atoms with Gasteiger partial charge in [0.05, 0.1) is 6.61 Å². The molecule has 0 radical (unpaired) electrons.